The molecule has 4 nitrogen and oxygen atoms in total. The molecule has 0 aliphatic heterocycles. The quantitative estimate of drug-likeness (QED) is 0.735. The van der Waals surface area contributed by atoms with Crippen LogP contribution in [0.4, 0.5) is 0 Å². The maximum Gasteiger partial charge on any atom is 0.186 e. The SMILES string of the molecule is CC(C)Cc1c(C#N)nnn1-c1cccc2ccccc12. The van der Waals surface area contributed by atoms with Gasteiger partial charge in [0, 0.05) is 5.39 Å². The molecule has 104 valence electrons. The van der Waals surface area contributed by atoms with Crippen LogP contribution in [0.15, 0.2) is 42.5 Å². The number of nitriles is 1. The molecule has 1 aromatic heterocycles. The molecule has 0 atom stereocenters. The van der Waals surface area contributed by atoms with Gasteiger partial charge in [-0.25, -0.2) is 4.68 Å². The summed E-state index contributed by atoms with van der Waals surface area (Å²) in [7, 11) is 0. The summed E-state index contributed by atoms with van der Waals surface area (Å²) in [6.45, 7) is 4.25. The predicted molar refractivity (Wildman–Crippen MR) is 82.1 cm³/mol. The molecule has 0 saturated carbocycles. The van der Waals surface area contributed by atoms with Gasteiger partial charge in [-0.2, -0.15) is 5.26 Å². The molecule has 0 saturated heterocycles. The smallest absolute Gasteiger partial charge is 0.186 e. The highest BCUT2D eigenvalue weighted by Crippen LogP contribution is 2.24. The number of nitrogens with zero attached hydrogens (tertiary/aromatic N) is 4. The van der Waals surface area contributed by atoms with Gasteiger partial charge in [0.05, 0.1) is 11.4 Å². The Balaban J connectivity index is 2.24. The van der Waals surface area contributed by atoms with Crippen LogP contribution in [0.1, 0.15) is 25.2 Å². The van der Waals surface area contributed by atoms with E-state index in [2.05, 4.69) is 48.4 Å². The molecule has 3 rings (SSSR count). The number of benzene rings is 2. The normalized spacial score (nSPS) is 11.0. The summed E-state index contributed by atoms with van der Waals surface area (Å²) in [4.78, 5) is 0. The summed E-state index contributed by atoms with van der Waals surface area (Å²) in [6, 6.07) is 16.4. The number of rotatable bonds is 3. The van der Waals surface area contributed by atoms with Crippen LogP contribution in [-0.4, -0.2) is 15.0 Å². The van der Waals surface area contributed by atoms with E-state index < -0.39 is 0 Å². The van der Waals surface area contributed by atoms with E-state index in [0.717, 1.165) is 28.6 Å². The minimum atomic E-state index is 0.414. The van der Waals surface area contributed by atoms with Crippen molar-refractivity contribution in [2.24, 2.45) is 5.92 Å². The van der Waals surface area contributed by atoms with Crippen LogP contribution in [0.2, 0.25) is 0 Å². The van der Waals surface area contributed by atoms with Crippen molar-refractivity contribution < 1.29 is 0 Å². The summed E-state index contributed by atoms with van der Waals surface area (Å²) in [5.74, 6) is 0.435. The predicted octanol–water partition coefficient (Wildman–Crippen LogP) is 3.49. The molecule has 0 N–H and O–H groups in total. The van der Waals surface area contributed by atoms with Gasteiger partial charge in [-0.1, -0.05) is 55.5 Å². The van der Waals surface area contributed by atoms with Gasteiger partial charge in [0.2, 0.25) is 0 Å². The van der Waals surface area contributed by atoms with Gasteiger partial charge in [0.15, 0.2) is 5.69 Å². The van der Waals surface area contributed by atoms with Gasteiger partial charge < -0.3 is 0 Å². The van der Waals surface area contributed by atoms with Crippen molar-refractivity contribution in [3.8, 4) is 11.8 Å². The monoisotopic (exact) mass is 276 g/mol. The first-order chi connectivity index (χ1) is 10.2. The first-order valence-electron chi connectivity index (χ1n) is 7.03. The highest BCUT2D eigenvalue weighted by molar-refractivity contribution is 5.90. The van der Waals surface area contributed by atoms with Crippen molar-refractivity contribution in [3.63, 3.8) is 0 Å². The van der Waals surface area contributed by atoms with E-state index >= 15 is 0 Å². The second-order valence-electron chi connectivity index (χ2n) is 5.50. The van der Waals surface area contributed by atoms with Gasteiger partial charge in [-0.15, -0.1) is 5.10 Å². The lowest BCUT2D eigenvalue weighted by molar-refractivity contribution is 0.614. The van der Waals surface area contributed by atoms with Crippen LogP contribution in [-0.2, 0) is 6.42 Å². The van der Waals surface area contributed by atoms with Gasteiger partial charge in [-0.05, 0) is 23.8 Å². The molecule has 0 radical (unpaired) electrons. The maximum atomic E-state index is 9.24. The second kappa shape index (κ2) is 5.37. The Labute approximate surface area is 123 Å². The van der Waals surface area contributed by atoms with Gasteiger partial charge in [0.25, 0.3) is 0 Å². The zero-order valence-corrected chi connectivity index (χ0v) is 12.1. The molecule has 0 bridgehead atoms. The highest BCUT2D eigenvalue weighted by atomic mass is 15.4. The van der Waals surface area contributed by atoms with E-state index in [-0.39, 0.29) is 0 Å². The van der Waals surface area contributed by atoms with Crippen LogP contribution < -0.4 is 0 Å². The average Bonchev–Trinajstić information content (AvgIpc) is 2.88. The van der Waals surface area contributed by atoms with Crippen molar-refractivity contribution in [2.45, 2.75) is 20.3 Å². The van der Waals surface area contributed by atoms with Crippen LogP contribution in [0.25, 0.3) is 16.5 Å². The summed E-state index contributed by atoms with van der Waals surface area (Å²) < 4.78 is 1.81. The summed E-state index contributed by atoms with van der Waals surface area (Å²) in [6.07, 6.45) is 0.777. The first kappa shape index (κ1) is 13.3. The van der Waals surface area contributed by atoms with Crippen LogP contribution in [0, 0.1) is 17.2 Å². The van der Waals surface area contributed by atoms with E-state index in [1.807, 2.05) is 24.3 Å². The van der Waals surface area contributed by atoms with E-state index in [1.54, 1.807) is 4.68 Å². The number of aromatic nitrogens is 3. The Bertz CT molecular complexity index is 819. The van der Waals surface area contributed by atoms with E-state index in [0.29, 0.717) is 11.6 Å². The van der Waals surface area contributed by atoms with Gasteiger partial charge in [-0.3, -0.25) is 0 Å². The fourth-order valence-corrected chi connectivity index (χ4v) is 2.54. The number of hydrogen-bond acceptors (Lipinski definition) is 3. The summed E-state index contributed by atoms with van der Waals surface area (Å²) in [5.41, 5.74) is 2.26. The van der Waals surface area contributed by atoms with Crippen molar-refractivity contribution in [1.29, 1.82) is 5.26 Å². The maximum absolute atomic E-state index is 9.24. The van der Waals surface area contributed by atoms with Gasteiger partial charge >= 0.3 is 0 Å². The Kier molecular flexibility index (Phi) is 3.41. The summed E-state index contributed by atoms with van der Waals surface area (Å²) in [5, 5.41) is 19.7. The largest absolute Gasteiger partial charge is 0.216 e. The second-order valence-corrected chi connectivity index (χ2v) is 5.50. The lowest BCUT2D eigenvalue weighted by Gasteiger charge is -2.11. The van der Waals surface area contributed by atoms with E-state index in [4.69, 9.17) is 0 Å². The molecule has 2 aromatic carbocycles. The number of fused-ring (bicyclic) bond motifs is 1. The standard InChI is InChI=1S/C17H16N4/c1-12(2)10-17-15(11-18)19-20-21(17)16-9-5-7-13-6-3-4-8-14(13)16/h3-9,12H,10H2,1-2H3. The van der Waals surface area contributed by atoms with Gasteiger partial charge in [0.1, 0.15) is 6.07 Å². The number of hydrogen-bond donors (Lipinski definition) is 0. The zero-order chi connectivity index (χ0) is 14.8. The lowest BCUT2D eigenvalue weighted by atomic mass is 10.1. The topological polar surface area (TPSA) is 54.5 Å². The fraction of sp³-hybridized carbons (Fsp3) is 0.235. The van der Waals surface area contributed by atoms with E-state index in [1.165, 1.54) is 0 Å². The minimum absolute atomic E-state index is 0.414. The molecule has 3 aromatic rings. The zero-order valence-electron chi connectivity index (χ0n) is 12.1. The minimum Gasteiger partial charge on any atom is -0.216 e. The third kappa shape index (κ3) is 2.38. The van der Waals surface area contributed by atoms with Crippen LogP contribution in [0.5, 0.6) is 0 Å². The Morgan fingerprint density at radius 2 is 1.90 bits per heavy atom. The molecule has 0 spiro atoms. The third-order valence-corrected chi connectivity index (χ3v) is 3.47. The Morgan fingerprint density at radius 3 is 2.67 bits per heavy atom. The van der Waals surface area contributed by atoms with Crippen LogP contribution >= 0.6 is 0 Å². The molecule has 0 aliphatic carbocycles. The van der Waals surface area contributed by atoms with Crippen molar-refractivity contribution in [2.75, 3.05) is 0 Å². The molecule has 1 heterocycles. The van der Waals surface area contributed by atoms with Crippen molar-refractivity contribution in [3.05, 3.63) is 53.9 Å². The van der Waals surface area contributed by atoms with E-state index in [9.17, 15) is 5.26 Å². The molecule has 0 aliphatic rings. The molecular formula is C17H16N4. The van der Waals surface area contributed by atoms with Crippen LogP contribution in [0.3, 0.4) is 0 Å². The lowest BCUT2D eigenvalue weighted by Crippen LogP contribution is -2.07. The highest BCUT2D eigenvalue weighted by Gasteiger charge is 2.16. The molecule has 0 fully saturated rings. The molecular weight excluding hydrogens is 260 g/mol. The van der Waals surface area contributed by atoms with Crippen molar-refractivity contribution in [1.82, 2.24) is 15.0 Å². The molecule has 0 unspecified atom stereocenters. The molecule has 0 amide bonds. The Hall–Kier alpha value is -2.67. The molecule has 4 heteroatoms. The Morgan fingerprint density at radius 1 is 1.14 bits per heavy atom. The molecule has 21 heavy (non-hydrogen) atoms. The average molecular weight is 276 g/mol. The summed E-state index contributed by atoms with van der Waals surface area (Å²) >= 11 is 0. The van der Waals surface area contributed by atoms with Crippen molar-refractivity contribution >= 4 is 10.8 Å². The third-order valence-electron chi connectivity index (χ3n) is 3.47. The first-order valence-corrected chi connectivity index (χ1v) is 7.03. The fourth-order valence-electron chi connectivity index (χ4n) is 2.54.